The molecule has 5 nitrogen and oxygen atoms in total. The minimum atomic E-state index is -3.48. The first-order valence-electron chi connectivity index (χ1n) is 8.32. The van der Waals surface area contributed by atoms with Gasteiger partial charge in [0.25, 0.3) is 0 Å². The Bertz CT molecular complexity index is 575. The maximum atomic E-state index is 12.7. The van der Waals surface area contributed by atoms with Gasteiger partial charge in [0.2, 0.25) is 10.0 Å². The number of morpholine rings is 1. The molecule has 0 radical (unpaired) electrons. The van der Waals surface area contributed by atoms with Gasteiger partial charge in [-0.3, -0.25) is 0 Å². The quantitative estimate of drug-likeness (QED) is 0.715. The molecular weight excluding hydrogens is 314 g/mol. The number of hydrogen-bond acceptors (Lipinski definition) is 4. The van der Waals surface area contributed by atoms with Gasteiger partial charge in [-0.05, 0) is 44.5 Å². The Hall–Kier alpha value is -1.11. The van der Waals surface area contributed by atoms with Gasteiger partial charge in [-0.2, -0.15) is 4.31 Å². The van der Waals surface area contributed by atoms with E-state index >= 15 is 0 Å². The molecule has 6 heteroatoms. The lowest BCUT2D eigenvalue weighted by Crippen LogP contribution is -2.48. The van der Waals surface area contributed by atoms with Crippen molar-refractivity contribution in [1.82, 2.24) is 4.31 Å². The van der Waals surface area contributed by atoms with Crippen molar-refractivity contribution in [3.63, 3.8) is 0 Å². The zero-order chi connectivity index (χ0) is 16.9. The summed E-state index contributed by atoms with van der Waals surface area (Å²) in [7, 11) is -3.48. The van der Waals surface area contributed by atoms with E-state index < -0.39 is 10.0 Å². The van der Waals surface area contributed by atoms with Crippen LogP contribution in [0.4, 0.5) is 0 Å². The molecule has 23 heavy (non-hydrogen) atoms. The molecule has 0 aliphatic carbocycles. The van der Waals surface area contributed by atoms with E-state index in [1.54, 1.807) is 24.3 Å². The van der Waals surface area contributed by atoms with Crippen molar-refractivity contribution in [3.8, 4) is 5.75 Å². The number of rotatable bonds is 7. The Morgan fingerprint density at radius 1 is 1.13 bits per heavy atom. The van der Waals surface area contributed by atoms with Crippen LogP contribution in [-0.2, 0) is 14.8 Å². The highest BCUT2D eigenvalue weighted by Gasteiger charge is 2.32. The van der Waals surface area contributed by atoms with Crippen LogP contribution in [0.5, 0.6) is 5.75 Å². The molecule has 0 saturated carbocycles. The molecule has 130 valence electrons. The Kier molecular flexibility index (Phi) is 6.44. The minimum absolute atomic E-state index is 0.0882. The van der Waals surface area contributed by atoms with Crippen LogP contribution in [0.2, 0.25) is 0 Å². The molecule has 1 aliphatic heterocycles. The lowest BCUT2D eigenvalue weighted by Gasteiger charge is -2.34. The standard InChI is InChI=1S/C17H27NO4S/c1-4-5-6-11-21-16-7-9-17(10-8-16)23(19,20)18-12-14(2)22-15(3)13-18/h7-10,14-15H,4-6,11-13H2,1-3H3/t14-,15-/m1/s1. The molecule has 0 aromatic heterocycles. The topological polar surface area (TPSA) is 55.8 Å². The molecule has 1 heterocycles. The number of unbranched alkanes of at least 4 members (excludes halogenated alkanes) is 2. The summed E-state index contributed by atoms with van der Waals surface area (Å²) < 4.78 is 38.2. The first-order valence-corrected chi connectivity index (χ1v) is 9.76. The van der Waals surface area contributed by atoms with Gasteiger partial charge >= 0.3 is 0 Å². The van der Waals surface area contributed by atoms with Gasteiger partial charge in [0, 0.05) is 13.1 Å². The summed E-state index contributed by atoms with van der Waals surface area (Å²) in [6.45, 7) is 7.38. The summed E-state index contributed by atoms with van der Waals surface area (Å²) in [5.41, 5.74) is 0. The van der Waals surface area contributed by atoms with Crippen LogP contribution >= 0.6 is 0 Å². The lowest BCUT2D eigenvalue weighted by atomic mass is 10.3. The number of hydrogen-bond donors (Lipinski definition) is 0. The number of nitrogens with zero attached hydrogens (tertiary/aromatic N) is 1. The smallest absolute Gasteiger partial charge is 0.243 e. The third-order valence-corrected chi connectivity index (χ3v) is 5.71. The van der Waals surface area contributed by atoms with Gasteiger partial charge in [-0.15, -0.1) is 0 Å². The van der Waals surface area contributed by atoms with Crippen molar-refractivity contribution in [2.24, 2.45) is 0 Å². The molecule has 0 N–H and O–H groups in total. The summed E-state index contributed by atoms with van der Waals surface area (Å²) >= 11 is 0. The molecule has 1 aromatic carbocycles. The summed E-state index contributed by atoms with van der Waals surface area (Å²) in [6, 6.07) is 6.70. The first-order chi connectivity index (χ1) is 10.9. The van der Waals surface area contributed by atoms with Crippen molar-refractivity contribution in [3.05, 3.63) is 24.3 Å². The third kappa shape index (κ3) is 4.93. The summed E-state index contributed by atoms with van der Waals surface area (Å²) in [5.74, 6) is 0.712. The minimum Gasteiger partial charge on any atom is -0.494 e. The van der Waals surface area contributed by atoms with E-state index in [4.69, 9.17) is 9.47 Å². The monoisotopic (exact) mass is 341 g/mol. The normalized spacial score (nSPS) is 22.9. The highest BCUT2D eigenvalue weighted by atomic mass is 32.2. The Morgan fingerprint density at radius 2 is 1.74 bits per heavy atom. The van der Waals surface area contributed by atoms with Crippen molar-refractivity contribution in [1.29, 1.82) is 0 Å². The third-order valence-electron chi connectivity index (χ3n) is 3.86. The predicted octanol–water partition coefficient (Wildman–Crippen LogP) is 3.05. The van der Waals surface area contributed by atoms with Crippen molar-refractivity contribution in [2.75, 3.05) is 19.7 Å². The molecule has 1 aliphatic rings. The fourth-order valence-electron chi connectivity index (χ4n) is 2.73. The van der Waals surface area contributed by atoms with Crippen LogP contribution in [0.3, 0.4) is 0 Å². The highest BCUT2D eigenvalue weighted by molar-refractivity contribution is 7.89. The van der Waals surface area contributed by atoms with E-state index in [1.165, 1.54) is 4.31 Å². The van der Waals surface area contributed by atoms with Crippen LogP contribution in [-0.4, -0.2) is 44.6 Å². The SMILES string of the molecule is CCCCCOc1ccc(S(=O)(=O)N2C[C@@H](C)O[C@H](C)C2)cc1. The second-order valence-corrected chi connectivity index (χ2v) is 8.04. The molecule has 0 spiro atoms. The van der Waals surface area contributed by atoms with Crippen molar-refractivity contribution in [2.45, 2.75) is 57.1 Å². The van der Waals surface area contributed by atoms with Gasteiger partial charge in [-0.1, -0.05) is 19.8 Å². The number of sulfonamides is 1. The first kappa shape index (κ1) is 18.2. The molecule has 0 bridgehead atoms. The highest BCUT2D eigenvalue weighted by Crippen LogP contribution is 2.23. The van der Waals surface area contributed by atoms with Gasteiger partial charge in [0.05, 0.1) is 23.7 Å². The Balaban J connectivity index is 2.02. The fourth-order valence-corrected chi connectivity index (χ4v) is 4.32. The van der Waals surface area contributed by atoms with Gasteiger partial charge in [-0.25, -0.2) is 8.42 Å². The molecule has 1 fully saturated rings. The van der Waals surface area contributed by atoms with Gasteiger partial charge in [0.1, 0.15) is 5.75 Å². The molecule has 1 saturated heterocycles. The zero-order valence-electron chi connectivity index (χ0n) is 14.2. The van der Waals surface area contributed by atoms with Crippen LogP contribution < -0.4 is 4.74 Å². The van der Waals surface area contributed by atoms with Crippen molar-refractivity contribution < 1.29 is 17.9 Å². The molecule has 2 rings (SSSR count). The molecular formula is C17H27NO4S. The Labute approximate surface area is 139 Å². The van der Waals surface area contributed by atoms with E-state index in [9.17, 15) is 8.42 Å². The summed E-state index contributed by atoms with van der Waals surface area (Å²) in [6.07, 6.45) is 3.13. The molecule has 0 unspecified atom stereocenters. The molecule has 1 aromatic rings. The molecule has 2 atom stereocenters. The van der Waals surface area contributed by atoms with Gasteiger partial charge in [0.15, 0.2) is 0 Å². The average molecular weight is 341 g/mol. The average Bonchev–Trinajstić information content (AvgIpc) is 2.51. The largest absolute Gasteiger partial charge is 0.494 e. The second kappa shape index (κ2) is 8.13. The van der Waals surface area contributed by atoms with Crippen molar-refractivity contribution >= 4 is 10.0 Å². The Morgan fingerprint density at radius 3 is 2.30 bits per heavy atom. The summed E-state index contributed by atoms with van der Waals surface area (Å²) in [4.78, 5) is 0.305. The summed E-state index contributed by atoms with van der Waals surface area (Å²) in [5, 5.41) is 0. The van der Waals surface area contributed by atoms with E-state index in [0.29, 0.717) is 30.3 Å². The molecule has 0 amide bonds. The lowest BCUT2D eigenvalue weighted by molar-refractivity contribution is -0.0440. The van der Waals surface area contributed by atoms with E-state index in [2.05, 4.69) is 6.92 Å². The van der Waals surface area contributed by atoms with Crippen LogP contribution in [0.25, 0.3) is 0 Å². The van der Waals surface area contributed by atoms with Gasteiger partial charge < -0.3 is 9.47 Å². The second-order valence-electron chi connectivity index (χ2n) is 6.11. The van der Waals surface area contributed by atoms with E-state index in [0.717, 1.165) is 19.3 Å². The van der Waals surface area contributed by atoms with Crippen LogP contribution in [0, 0.1) is 0 Å². The maximum Gasteiger partial charge on any atom is 0.243 e. The maximum absolute atomic E-state index is 12.7. The van der Waals surface area contributed by atoms with E-state index in [1.807, 2.05) is 13.8 Å². The van der Waals surface area contributed by atoms with E-state index in [-0.39, 0.29) is 12.2 Å². The van der Waals surface area contributed by atoms with Crippen LogP contribution in [0.1, 0.15) is 40.0 Å². The number of ether oxygens (including phenoxy) is 2. The van der Waals surface area contributed by atoms with Crippen LogP contribution in [0.15, 0.2) is 29.2 Å². The predicted molar refractivity (Wildman–Crippen MR) is 90.2 cm³/mol. The number of benzene rings is 1. The zero-order valence-corrected chi connectivity index (χ0v) is 15.0. The fraction of sp³-hybridized carbons (Fsp3) is 0.647.